The molecular weight excluding hydrogens is 530 g/mol. The van der Waals surface area contributed by atoms with Gasteiger partial charge in [-0.05, 0) is 61.4 Å². The fourth-order valence-electron chi connectivity index (χ4n) is 5.20. The Bertz CT molecular complexity index is 1910. The molecule has 42 heavy (non-hydrogen) atoms. The molecule has 3 aromatic heterocycles. The van der Waals surface area contributed by atoms with E-state index in [1.165, 1.54) is 5.56 Å². The summed E-state index contributed by atoms with van der Waals surface area (Å²) in [5.74, 6) is 2.15. The van der Waals surface area contributed by atoms with Crippen molar-refractivity contribution in [1.82, 2.24) is 29.4 Å². The Morgan fingerprint density at radius 2 is 1.71 bits per heavy atom. The van der Waals surface area contributed by atoms with Crippen LogP contribution in [0, 0.1) is 13.8 Å². The minimum atomic E-state index is -0.218. The van der Waals surface area contributed by atoms with Gasteiger partial charge in [-0.25, -0.2) is 19.2 Å². The van der Waals surface area contributed by atoms with E-state index in [-0.39, 0.29) is 12.5 Å². The van der Waals surface area contributed by atoms with Gasteiger partial charge in [-0.15, -0.1) is 5.10 Å². The van der Waals surface area contributed by atoms with E-state index in [0.717, 1.165) is 39.4 Å². The molecule has 0 radical (unpaired) electrons. The smallest absolute Gasteiger partial charge is 0.230 e. The van der Waals surface area contributed by atoms with Crippen molar-refractivity contribution in [3.63, 3.8) is 0 Å². The van der Waals surface area contributed by atoms with Gasteiger partial charge in [0.05, 0.1) is 41.8 Å². The van der Waals surface area contributed by atoms with Crippen molar-refractivity contribution >= 4 is 11.9 Å². The molecule has 0 spiro atoms. The maximum absolute atomic E-state index is 6.49. The number of methoxy groups -OCH3 is 1. The van der Waals surface area contributed by atoms with Gasteiger partial charge >= 0.3 is 0 Å². The molecule has 208 valence electrons. The Morgan fingerprint density at radius 3 is 2.48 bits per heavy atom. The Kier molecular flexibility index (Phi) is 6.35. The topological polar surface area (TPSA) is 101 Å². The molecule has 6 aromatic rings. The Morgan fingerprint density at radius 1 is 0.929 bits per heavy atom. The summed E-state index contributed by atoms with van der Waals surface area (Å²) in [5, 5.41) is 13.6. The van der Waals surface area contributed by atoms with E-state index in [2.05, 4.69) is 46.4 Å². The van der Waals surface area contributed by atoms with E-state index < -0.39 is 0 Å². The van der Waals surface area contributed by atoms with Crippen LogP contribution in [0.15, 0.2) is 90.3 Å². The predicted octanol–water partition coefficient (Wildman–Crippen LogP) is 5.77. The van der Waals surface area contributed by atoms with E-state index in [1.54, 1.807) is 24.2 Å². The minimum absolute atomic E-state index is 0.0926. The fraction of sp³-hybridized carbons (Fsp3) is 0.156. The maximum atomic E-state index is 6.49. The summed E-state index contributed by atoms with van der Waals surface area (Å²) in [7, 11) is 1.63. The van der Waals surface area contributed by atoms with Crippen LogP contribution >= 0.6 is 0 Å². The molecule has 4 heterocycles. The van der Waals surface area contributed by atoms with Crippen molar-refractivity contribution < 1.29 is 14.3 Å². The van der Waals surface area contributed by atoms with Gasteiger partial charge in [-0.1, -0.05) is 53.2 Å². The van der Waals surface area contributed by atoms with Crippen LogP contribution in [0.3, 0.4) is 0 Å². The fourth-order valence-corrected chi connectivity index (χ4v) is 5.20. The summed E-state index contributed by atoms with van der Waals surface area (Å²) in [6, 6.07) is 26.0. The Hall–Kier alpha value is -5.51. The summed E-state index contributed by atoms with van der Waals surface area (Å²) in [4.78, 5) is 15.0. The lowest BCUT2D eigenvalue weighted by molar-refractivity contribution is 0.126. The number of aryl methyl sites for hydroxylation is 2. The number of nitrogens with zero attached hydrogens (tertiary/aromatic N) is 7. The number of para-hydroxylation sites is 1. The molecule has 10 nitrogen and oxygen atoms in total. The molecule has 0 bridgehead atoms. The first kappa shape index (κ1) is 25.5. The van der Waals surface area contributed by atoms with Crippen molar-refractivity contribution in [2.75, 3.05) is 7.11 Å². The zero-order valence-corrected chi connectivity index (χ0v) is 23.3. The molecule has 0 saturated carbocycles. The van der Waals surface area contributed by atoms with Gasteiger partial charge in [0.25, 0.3) is 0 Å². The number of ether oxygens (including phenoxy) is 2. The van der Waals surface area contributed by atoms with Gasteiger partial charge < -0.3 is 14.3 Å². The van der Waals surface area contributed by atoms with Crippen LogP contribution < -0.4 is 9.47 Å². The molecule has 3 aromatic carbocycles. The highest BCUT2D eigenvalue weighted by Crippen LogP contribution is 2.49. The highest BCUT2D eigenvalue weighted by atomic mass is 16.6. The molecule has 1 aliphatic rings. The van der Waals surface area contributed by atoms with E-state index in [1.807, 2.05) is 66.2 Å². The van der Waals surface area contributed by atoms with Crippen LogP contribution in [-0.4, -0.2) is 42.7 Å². The molecule has 0 fully saturated rings. The quantitative estimate of drug-likeness (QED) is 0.181. The zero-order chi connectivity index (χ0) is 28.6. The first-order valence-corrected chi connectivity index (χ1v) is 13.5. The number of benzene rings is 3. The number of aromatic nitrogens is 6. The standard InChI is InChI=1S/C32H27N7O3/c1-20-9-13-23(14-10-20)28-27-21(2)36-39(24-7-5-4-6-8-24)32(27)42-31-29(28)30-35-26(37-38(30)19-33-31)18-41-34-17-22-11-15-25(40-3)16-12-22/h4-17,19,28H,18H2,1-3H3/b34-17+. The minimum Gasteiger partial charge on any atom is -0.497 e. The highest BCUT2D eigenvalue weighted by Gasteiger charge is 2.38. The lowest BCUT2D eigenvalue weighted by atomic mass is 9.84. The van der Waals surface area contributed by atoms with E-state index in [0.29, 0.717) is 23.2 Å². The molecule has 0 N–H and O–H groups in total. The summed E-state index contributed by atoms with van der Waals surface area (Å²) in [6.45, 7) is 4.17. The van der Waals surface area contributed by atoms with Gasteiger partial charge in [0.2, 0.25) is 11.8 Å². The van der Waals surface area contributed by atoms with Crippen LogP contribution in [0.1, 0.15) is 45.3 Å². The molecule has 0 saturated heterocycles. The highest BCUT2D eigenvalue weighted by molar-refractivity contribution is 5.79. The molecule has 1 atom stereocenters. The van der Waals surface area contributed by atoms with Crippen molar-refractivity contribution in [1.29, 1.82) is 0 Å². The Balaban J connectivity index is 1.27. The number of hydrogen-bond donors (Lipinski definition) is 0. The molecule has 1 aliphatic heterocycles. The second kappa shape index (κ2) is 10.5. The number of fused-ring (bicyclic) bond motifs is 4. The molecule has 7 rings (SSSR count). The Labute approximate surface area is 241 Å². The van der Waals surface area contributed by atoms with Gasteiger partial charge in [0.15, 0.2) is 18.1 Å². The first-order chi connectivity index (χ1) is 20.6. The van der Waals surface area contributed by atoms with Crippen LogP contribution in [-0.2, 0) is 11.4 Å². The normalized spacial score (nSPS) is 14.0. The van der Waals surface area contributed by atoms with Crippen LogP contribution in [0.2, 0.25) is 0 Å². The van der Waals surface area contributed by atoms with E-state index >= 15 is 0 Å². The molecule has 1 unspecified atom stereocenters. The molecule has 10 heteroatoms. The summed E-state index contributed by atoms with van der Waals surface area (Å²) >= 11 is 0. The first-order valence-electron chi connectivity index (χ1n) is 13.5. The third-order valence-corrected chi connectivity index (χ3v) is 7.26. The number of oxime groups is 1. The summed E-state index contributed by atoms with van der Waals surface area (Å²) in [6.07, 6.45) is 3.24. The van der Waals surface area contributed by atoms with Gasteiger partial charge in [-0.3, -0.25) is 0 Å². The number of rotatable bonds is 7. The monoisotopic (exact) mass is 557 g/mol. The third kappa shape index (κ3) is 4.52. The average molecular weight is 558 g/mol. The lowest BCUT2D eigenvalue weighted by Gasteiger charge is -2.26. The molecule has 0 aliphatic carbocycles. The second-order valence-corrected chi connectivity index (χ2v) is 10.0. The van der Waals surface area contributed by atoms with Gasteiger partial charge in [0.1, 0.15) is 12.1 Å². The van der Waals surface area contributed by atoms with E-state index in [4.69, 9.17) is 24.4 Å². The van der Waals surface area contributed by atoms with Crippen molar-refractivity contribution in [2.24, 2.45) is 5.16 Å². The average Bonchev–Trinajstić information content (AvgIpc) is 3.60. The largest absolute Gasteiger partial charge is 0.497 e. The van der Waals surface area contributed by atoms with Crippen LogP contribution in [0.25, 0.3) is 11.3 Å². The molecular formula is C32H27N7O3. The zero-order valence-electron chi connectivity index (χ0n) is 23.3. The molecule has 0 amide bonds. The van der Waals surface area contributed by atoms with Gasteiger partial charge in [0, 0.05) is 0 Å². The predicted molar refractivity (Wildman–Crippen MR) is 157 cm³/mol. The summed E-state index contributed by atoms with van der Waals surface area (Å²) < 4.78 is 15.2. The van der Waals surface area contributed by atoms with Crippen LogP contribution in [0.5, 0.6) is 17.5 Å². The van der Waals surface area contributed by atoms with Crippen LogP contribution in [0.4, 0.5) is 0 Å². The van der Waals surface area contributed by atoms with E-state index in [9.17, 15) is 0 Å². The lowest BCUT2D eigenvalue weighted by Crippen LogP contribution is -2.16. The SMILES string of the molecule is COc1ccc(/C=N/OCc2nc3c4c(ncn3n2)Oc2c(c(C)nn2-c2ccccc2)C4c2ccc(C)cc2)cc1. The van der Waals surface area contributed by atoms with Crippen molar-refractivity contribution in [2.45, 2.75) is 26.4 Å². The summed E-state index contributed by atoms with van der Waals surface area (Å²) in [5.41, 5.74) is 7.35. The third-order valence-electron chi connectivity index (χ3n) is 7.26. The maximum Gasteiger partial charge on any atom is 0.230 e. The van der Waals surface area contributed by atoms with Crippen molar-refractivity contribution in [3.8, 4) is 23.2 Å². The van der Waals surface area contributed by atoms with Gasteiger partial charge in [-0.2, -0.15) is 5.10 Å². The number of hydrogen-bond acceptors (Lipinski definition) is 8. The van der Waals surface area contributed by atoms with Crippen molar-refractivity contribution in [3.05, 3.63) is 125 Å². The second-order valence-electron chi connectivity index (χ2n) is 10.0.